The zero-order valence-corrected chi connectivity index (χ0v) is 11.0. The lowest BCUT2D eigenvalue weighted by molar-refractivity contribution is -0.137. The lowest BCUT2D eigenvalue weighted by Crippen LogP contribution is -2.19. The number of halogens is 3. The molecule has 0 saturated heterocycles. The molecule has 0 bridgehead atoms. The Kier molecular flexibility index (Phi) is 4.11. The monoisotopic (exact) mass is 312 g/mol. The Morgan fingerprint density at radius 2 is 1.59 bits per heavy atom. The summed E-state index contributed by atoms with van der Waals surface area (Å²) in [4.78, 5) is 11.7. The Morgan fingerprint density at radius 1 is 0.955 bits per heavy atom. The standard InChI is InChI=1S/C14H11F3N2O3/c15-14(16,17)8-1-3-9(4-2-8)18-13(22)19-11-6-5-10(20)7-12(11)21/h1-7,20-21H,(H2,18,19,22). The van der Waals surface area contributed by atoms with Gasteiger partial charge in [0.25, 0.3) is 0 Å². The van der Waals surface area contributed by atoms with Crippen molar-refractivity contribution in [2.45, 2.75) is 6.18 Å². The van der Waals surface area contributed by atoms with Crippen molar-refractivity contribution in [3.05, 3.63) is 48.0 Å². The molecule has 2 aromatic carbocycles. The van der Waals surface area contributed by atoms with E-state index in [0.29, 0.717) is 0 Å². The van der Waals surface area contributed by atoms with Crippen molar-refractivity contribution in [3.63, 3.8) is 0 Å². The van der Waals surface area contributed by atoms with Gasteiger partial charge in [0.15, 0.2) is 0 Å². The maximum Gasteiger partial charge on any atom is 0.416 e. The van der Waals surface area contributed by atoms with Gasteiger partial charge < -0.3 is 20.8 Å². The first-order valence-corrected chi connectivity index (χ1v) is 6.03. The molecule has 5 nitrogen and oxygen atoms in total. The lowest BCUT2D eigenvalue weighted by atomic mass is 10.2. The molecule has 0 aromatic heterocycles. The topological polar surface area (TPSA) is 81.6 Å². The van der Waals surface area contributed by atoms with Crippen LogP contribution in [0, 0.1) is 0 Å². The van der Waals surface area contributed by atoms with Crippen LogP contribution in [-0.2, 0) is 6.18 Å². The van der Waals surface area contributed by atoms with E-state index in [1.807, 2.05) is 0 Å². The van der Waals surface area contributed by atoms with E-state index < -0.39 is 17.8 Å². The third-order valence-electron chi connectivity index (χ3n) is 2.70. The average Bonchev–Trinajstić information content (AvgIpc) is 2.41. The summed E-state index contributed by atoms with van der Waals surface area (Å²) < 4.78 is 37.2. The summed E-state index contributed by atoms with van der Waals surface area (Å²) in [5.74, 6) is -0.520. The van der Waals surface area contributed by atoms with E-state index >= 15 is 0 Å². The van der Waals surface area contributed by atoms with E-state index in [2.05, 4.69) is 10.6 Å². The summed E-state index contributed by atoms with van der Waals surface area (Å²) in [6, 6.07) is 6.72. The van der Waals surface area contributed by atoms with Gasteiger partial charge >= 0.3 is 12.2 Å². The minimum atomic E-state index is -4.45. The molecule has 2 amide bonds. The fourth-order valence-corrected chi connectivity index (χ4v) is 1.65. The van der Waals surface area contributed by atoms with E-state index in [1.165, 1.54) is 12.1 Å². The molecule has 4 N–H and O–H groups in total. The van der Waals surface area contributed by atoms with Crippen molar-refractivity contribution in [2.24, 2.45) is 0 Å². The van der Waals surface area contributed by atoms with E-state index in [0.717, 1.165) is 30.3 Å². The fraction of sp³-hybridized carbons (Fsp3) is 0.0714. The molecule has 0 saturated carbocycles. The fourth-order valence-electron chi connectivity index (χ4n) is 1.65. The van der Waals surface area contributed by atoms with Gasteiger partial charge in [-0.05, 0) is 36.4 Å². The molecular weight excluding hydrogens is 301 g/mol. The van der Waals surface area contributed by atoms with Crippen molar-refractivity contribution in [3.8, 4) is 11.5 Å². The molecule has 8 heteroatoms. The van der Waals surface area contributed by atoms with Crippen LogP contribution in [-0.4, -0.2) is 16.2 Å². The van der Waals surface area contributed by atoms with Crippen molar-refractivity contribution >= 4 is 17.4 Å². The molecule has 0 unspecified atom stereocenters. The number of anilines is 2. The molecule has 0 heterocycles. The van der Waals surface area contributed by atoms with Gasteiger partial charge in [-0.25, -0.2) is 4.79 Å². The van der Waals surface area contributed by atoms with Gasteiger partial charge in [-0.15, -0.1) is 0 Å². The summed E-state index contributed by atoms with van der Waals surface area (Å²) >= 11 is 0. The maximum absolute atomic E-state index is 12.4. The average molecular weight is 312 g/mol. The van der Waals surface area contributed by atoms with Crippen molar-refractivity contribution < 1.29 is 28.2 Å². The molecule has 2 aromatic rings. The highest BCUT2D eigenvalue weighted by Crippen LogP contribution is 2.30. The minimum absolute atomic E-state index is 0.0437. The number of hydrogen-bond acceptors (Lipinski definition) is 3. The summed E-state index contributed by atoms with van der Waals surface area (Å²) in [6.07, 6.45) is -4.45. The predicted molar refractivity (Wildman–Crippen MR) is 73.9 cm³/mol. The number of benzene rings is 2. The number of hydrogen-bond donors (Lipinski definition) is 4. The maximum atomic E-state index is 12.4. The van der Waals surface area contributed by atoms with Crippen LogP contribution in [0.3, 0.4) is 0 Å². The molecule has 0 aliphatic rings. The van der Waals surface area contributed by atoms with E-state index in [1.54, 1.807) is 0 Å². The van der Waals surface area contributed by atoms with Gasteiger partial charge in [0.2, 0.25) is 0 Å². The van der Waals surface area contributed by atoms with Gasteiger partial charge in [0.05, 0.1) is 11.3 Å². The highest BCUT2D eigenvalue weighted by atomic mass is 19.4. The Labute approximate surface area is 123 Å². The molecular formula is C14H11F3N2O3. The summed E-state index contributed by atoms with van der Waals surface area (Å²) in [7, 11) is 0. The van der Waals surface area contributed by atoms with Crippen LogP contribution in [0.4, 0.5) is 29.3 Å². The van der Waals surface area contributed by atoms with Crippen molar-refractivity contribution in [1.29, 1.82) is 0 Å². The number of urea groups is 1. The molecule has 0 spiro atoms. The molecule has 22 heavy (non-hydrogen) atoms. The third-order valence-corrected chi connectivity index (χ3v) is 2.70. The van der Waals surface area contributed by atoms with Crippen LogP contribution in [0.2, 0.25) is 0 Å². The summed E-state index contributed by atoms with van der Waals surface area (Å²) in [6.45, 7) is 0. The molecule has 0 aliphatic heterocycles. The van der Waals surface area contributed by atoms with Gasteiger partial charge in [0.1, 0.15) is 11.5 Å². The van der Waals surface area contributed by atoms with Gasteiger partial charge in [-0.1, -0.05) is 0 Å². The number of carbonyl (C=O) groups is 1. The van der Waals surface area contributed by atoms with Crippen LogP contribution >= 0.6 is 0 Å². The summed E-state index contributed by atoms with van der Waals surface area (Å²) in [5.41, 5.74) is -0.624. The first kappa shape index (κ1) is 15.5. The second kappa shape index (κ2) is 5.84. The smallest absolute Gasteiger partial charge is 0.416 e. The number of carbonyl (C=O) groups excluding carboxylic acids is 1. The number of aromatic hydroxyl groups is 2. The van der Waals surface area contributed by atoms with Crippen LogP contribution < -0.4 is 10.6 Å². The lowest BCUT2D eigenvalue weighted by Gasteiger charge is -2.10. The number of rotatable bonds is 2. The quantitative estimate of drug-likeness (QED) is 0.503. The first-order valence-electron chi connectivity index (χ1n) is 6.03. The SMILES string of the molecule is O=C(Nc1ccc(C(F)(F)F)cc1)Nc1ccc(O)cc1O. The Morgan fingerprint density at radius 3 is 2.14 bits per heavy atom. The number of alkyl halides is 3. The highest BCUT2D eigenvalue weighted by Gasteiger charge is 2.29. The van der Waals surface area contributed by atoms with Crippen molar-refractivity contribution in [1.82, 2.24) is 0 Å². The van der Waals surface area contributed by atoms with Crippen LogP contribution in [0.25, 0.3) is 0 Å². The summed E-state index contributed by atoms with van der Waals surface area (Å²) in [5, 5.41) is 23.2. The molecule has 0 aliphatic carbocycles. The molecule has 2 rings (SSSR count). The Balaban J connectivity index is 2.03. The largest absolute Gasteiger partial charge is 0.508 e. The Hall–Kier alpha value is -2.90. The van der Waals surface area contributed by atoms with Gasteiger partial charge in [0, 0.05) is 11.8 Å². The van der Waals surface area contributed by atoms with Crippen LogP contribution in [0.15, 0.2) is 42.5 Å². The Bertz CT molecular complexity index is 685. The first-order chi connectivity index (χ1) is 10.3. The van der Waals surface area contributed by atoms with E-state index in [9.17, 15) is 23.1 Å². The van der Waals surface area contributed by atoms with E-state index in [4.69, 9.17) is 5.11 Å². The molecule has 116 valence electrons. The zero-order chi connectivity index (χ0) is 16.3. The van der Waals surface area contributed by atoms with Gasteiger partial charge in [-0.2, -0.15) is 13.2 Å². The van der Waals surface area contributed by atoms with Crippen LogP contribution in [0.5, 0.6) is 11.5 Å². The van der Waals surface area contributed by atoms with Crippen molar-refractivity contribution in [2.75, 3.05) is 10.6 Å². The number of amides is 2. The number of nitrogens with one attached hydrogen (secondary N) is 2. The van der Waals surface area contributed by atoms with E-state index in [-0.39, 0.29) is 22.9 Å². The molecule has 0 radical (unpaired) electrons. The molecule has 0 fully saturated rings. The minimum Gasteiger partial charge on any atom is -0.508 e. The number of phenolic OH excluding ortho intramolecular Hbond substituents is 2. The third kappa shape index (κ3) is 3.81. The van der Waals surface area contributed by atoms with Gasteiger partial charge in [-0.3, -0.25) is 0 Å². The zero-order valence-electron chi connectivity index (χ0n) is 11.0. The normalized spacial score (nSPS) is 11.0. The molecule has 0 atom stereocenters. The number of phenols is 2. The van der Waals surface area contributed by atoms with Crippen LogP contribution in [0.1, 0.15) is 5.56 Å². The predicted octanol–water partition coefficient (Wildman–Crippen LogP) is 3.76. The highest BCUT2D eigenvalue weighted by molar-refractivity contribution is 6.00. The second-order valence-corrected chi connectivity index (χ2v) is 4.36. The second-order valence-electron chi connectivity index (χ2n) is 4.36.